The van der Waals surface area contributed by atoms with Gasteiger partial charge >= 0.3 is 0 Å². The first-order valence-electron chi connectivity index (χ1n) is 5.30. The molecule has 0 atom stereocenters. The fourth-order valence-electron chi connectivity index (χ4n) is 1.89. The van der Waals surface area contributed by atoms with Crippen molar-refractivity contribution in [1.82, 2.24) is 0 Å². The standard InChI is InChI=1S/C12H20/c1-2-3-9-12-10-7-5-4-6-8-11-12/h2,9,12H,4-8,10-11H2,1H3. The van der Waals surface area contributed by atoms with Gasteiger partial charge in [-0.05, 0) is 37.8 Å². The second-order valence-corrected chi connectivity index (χ2v) is 3.73. The van der Waals surface area contributed by atoms with Crippen molar-refractivity contribution >= 4 is 0 Å². The molecule has 12 heavy (non-hydrogen) atoms. The van der Waals surface area contributed by atoms with Gasteiger partial charge in [-0.3, -0.25) is 0 Å². The molecule has 0 bridgehead atoms. The summed E-state index contributed by atoms with van der Waals surface area (Å²) < 4.78 is 0. The van der Waals surface area contributed by atoms with Crippen LogP contribution >= 0.6 is 0 Å². The van der Waals surface area contributed by atoms with Crippen LogP contribution in [-0.4, -0.2) is 0 Å². The van der Waals surface area contributed by atoms with E-state index < -0.39 is 0 Å². The molecular formula is C12H20. The molecule has 0 spiro atoms. The molecule has 1 aliphatic rings. The van der Waals surface area contributed by atoms with Crippen LogP contribution in [0.2, 0.25) is 0 Å². The molecule has 0 aromatic heterocycles. The van der Waals surface area contributed by atoms with Crippen LogP contribution < -0.4 is 0 Å². The normalized spacial score (nSPS) is 20.4. The maximum Gasteiger partial charge on any atom is -0.0158 e. The third-order valence-corrected chi connectivity index (χ3v) is 2.65. The quantitative estimate of drug-likeness (QED) is 0.512. The van der Waals surface area contributed by atoms with Crippen LogP contribution in [0.5, 0.6) is 0 Å². The SMILES string of the molecule is CC=C=CC1CCCCCCC1. The molecule has 0 heteroatoms. The number of allylic oxidation sites excluding steroid dienone is 1. The van der Waals surface area contributed by atoms with Crippen LogP contribution in [0.4, 0.5) is 0 Å². The van der Waals surface area contributed by atoms with Crippen molar-refractivity contribution in [3.05, 3.63) is 17.9 Å². The van der Waals surface area contributed by atoms with Crippen LogP contribution in [0.25, 0.3) is 0 Å². The second kappa shape index (κ2) is 6.08. The Morgan fingerprint density at radius 2 is 1.58 bits per heavy atom. The van der Waals surface area contributed by atoms with Gasteiger partial charge in [0.25, 0.3) is 0 Å². The van der Waals surface area contributed by atoms with E-state index in [0.717, 1.165) is 5.92 Å². The Morgan fingerprint density at radius 1 is 1.00 bits per heavy atom. The summed E-state index contributed by atoms with van der Waals surface area (Å²) in [5.74, 6) is 0.821. The largest absolute Gasteiger partial charge is 0.130 e. The van der Waals surface area contributed by atoms with E-state index in [-0.39, 0.29) is 0 Å². The zero-order chi connectivity index (χ0) is 8.65. The Bertz CT molecular complexity index is 153. The van der Waals surface area contributed by atoms with Gasteiger partial charge in [0, 0.05) is 0 Å². The van der Waals surface area contributed by atoms with Gasteiger partial charge in [0.15, 0.2) is 0 Å². The van der Waals surface area contributed by atoms with Gasteiger partial charge in [-0.15, -0.1) is 5.73 Å². The van der Waals surface area contributed by atoms with E-state index in [1.54, 1.807) is 0 Å². The highest BCUT2D eigenvalue weighted by Crippen LogP contribution is 2.22. The van der Waals surface area contributed by atoms with E-state index in [0.29, 0.717) is 0 Å². The summed E-state index contributed by atoms with van der Waals surface area (Å²) in [6, 6.07) is 0. The van der Waals surface area contributed by atoms with E-state index in [1.165, 1.54) is 44.9 Å². The van der Waals surface area contributed by atoms with Crippen molar-refractivity contribution in [2.24, 2.45) is 5.92 Å². The molecule has 0 nitrogen and oxygen atoms in total. The lowest BCUT2D eigenvalue weighted by molar-refractivity contribution is 0.435. The van der Waals surface area contributed by atoms with E-state index in [2.05, 4.69) is 11.8 Å². The summed E-state index contributed by atoms with van der Waals surface area (Å²) in [4.78, 5) is 0. The molecule has 1 aliphatic carbocycles. The summed E-state index contributed by atoms with van der Waals surface area (Å²) in [7, 11) is 0. The van der Waals surface area contributed by atoms with Gasteiger partial charge in [-0.1, -0.05) is 32.1 Å². The van der Waals surface area contributed by atoms with E-state index in [4.69, 9.17) is 0 Å². The molecule has 0 unspecified atom stereocenters. The predicted molar refractivity (Wildman–Crippen MR) is 54.1 cm³/mol. The summed E-state index contributed by atoms with van der Waals surface area (Å²) in [5.41, 5.74) is 3.22. The number of hydrogen-bond donors (Lipinski definition) is 0. The molecule has 68 valence electrons. The van der Waals surface area contributed by atoms with E-state index >= 15 is 0 Å². The molecule has 0 amide bonds. The number of rotatable bonds is 1. The first kappa shape index (κ1) is 9.61. The number of hydrogen-bond acceptors (Lipinski definition) is 0. The van der Waals surface area contributed by atoms with Crippen molar-refractivity contribution in [1.29, 1.82) is 0 Å². The Kier molecular flexibility index (Phi) is 4.87. The van der Waals surface area contributed by atoms with Gasteiger partial charge in [-0.25, -0.2) is 0 Å². The Labute approximate surface area is 76.4 Å². The lowest BCUT2D eigenvalue weighted by atomic mass is 9.91. The Morgan fingerprint density at radius 3 is 2.17 bits per heavy atom. The van der Waals surface area contributed by atoms with E-state index in [1.807, 2.05) is 13.0 Å². The minimum atomic E-state index is 0.821. The zero-order valence-electron chi connectivity index (χ0n) is 8.18. The minimum absolute atomic E-state index is 0.821. The highest BCUT2D eigenvalue weighted by Gasteiger charge is 2.07. The first-order chi connectivity index (χ1) is 5.93. The minimum Gasteiger partial charge on any atom is -0.130 e. The topological polar surface area (TPSA) is 0 Å². The molecule has 0 aromatic rings. The van der Waals surface area contributed by atoms with E-state index in [9.17, 15) is 0 Å². The maximum absolute atomic E-state index is 3.22. The van der Waals surface area contributed by atoms with Crippen molar-refractivity contribution in [3.8, 4) is 0 Å². The Balaban J connectivity index is 2.34. The smallest absolute Gasteiger partial charge is 0.0158 e. The molecule has 0 N–H and O–H groups in total. The lowest BCUT2D eigenvalue weighted by Gasteiger charge is -2.14. The molecule has 0 saturated heterocycles. The summed E-state index contributed by atoms with van der Waals surface area (Å²) in [5, 5.41) is 0. The molecule has 0 aromatic carbocycles. The monoisotopic (exact) mass is 164 g/mol. The Hall–Kier alpha value is -0.480. The second-order valence-electron chi connectivity index (χ2n) is 3.73. The summed E-state index contributed by atoms with van der Waals surface area (Å²) in [6.45, 7) is 2.04. The predicted octanol–water partition coefficient (Wildman–Crippen LogP) is 4.08. The fraction of sp³-hybridized carbons (Fsp3) is 0.750. The zero-order valence-corrected chi connectivity index (χ0v) is 8.18. The lowest BCUT2D eigenvalue weighted by Crippen LogP contribution is -1.99. The van der Waals surface area contributed by atoms with Crippen molar-refractivity contribution in [2.75, 3.05) is 0 Å². The van der Waals surface area contributed by atoms with Crippen LogP contribution in [0.15, 0.2) is 17.9 Å². The summed E-state index contributed by atoms with van der Waals surface area (Å²) in [6.07, 6.45) is 14.3. The fourth-order valence-corrected chi connectivity index (χ4v) is 1.89. The van der Waals surface area contributed by atoms with Crippen LogP contribution in [0, 0.1) is 5.92 Å². The molecule has 0 aliphatic heterocycles. The van der Waals surface area contributed by atoms with Gasteiger partial charge in [0.1, 0.15) is 0 Å². The van der Waals surface area contributed by atoms with Gasteiger partial charge in [-0.2, -0.15) is 0 Å². The van der Waals surface area contributed by atoms with Gasteiger partial charge in [0.2, 0.25) is 0 Å². The molecule has 1 fully saturated rings. The van der Waals surface area contributed by atoms with Crippen molar-refractivity contribution < 1.29 is 0 Å². The molecule has 0 heterocycles. The average Bonchev–Trinajstić information content (AvgIpc) is 2.02. The van der Waals surface area contributed by atoms with Crippen LogP contribution in [0.3, 0.4) is 0 Å². The van der Waals surface area contributed by atoms with Crippen molar-refractivity contribution in [3.63, 3.8) is 0 Å². The maximum atomic E-state index is 3.22. The van der Waals surface area contributed by atoms with Crippen molar-refractivity contribution in [2.45, 2.75) is 51.9 Å². The first-order valence-corrected chi connectivity index (χ1v) is 5.30. The highest BCUT2D eigenvalue weighted by atomic mass is 14.1. The highest BCUT2D eigenvalue weighted by molar-refractivity contribution is 4.88. The van der Waals surface area contributed by atoms with Gasteiger partial charge in [0.05, 0.1) is 0 Å². The summed E-state index contributed by atoms with van der Waals surface area (Å²) >= 11 is 0. The molecule has 0 radical (unpaired) electrons. The third-order valence-electron chi connectivity index (χ3n) is 2.65. The average molecular weight is 164 g/mol. The molecular weight excluding hydrogens is 144 g/mol. The van der Waals surface area contributed by atoms with Gasteiger partial charge < -0.3 is 0 Å². The van der Waals surface area contributed by atoms with Crippen LogP contribution in [0.1, 0.15) is 51.9 Å². The third kappa shape index (κ3) is 3.78. The van der Waals surface area contributed by atoms with Crippen LogP contribution in [-0.2, 0) is 0 Å². The molecule has 1 rings (SSSR count). The molecule has 1 saturated carbocycles.